The summed E-state index contributed by atoms with van der Waals surface area (Å²) in [6.07, 6.45) is -4.65. The first kappa shape index (κ1) is 14.0. The Morgan fingerprint density at radius 2 is 1.90 bits per heavy atom. The van der Waals surface area contributed by atoms with Crippen molar-refractivity contribution in [2.24, 2.45) is 0 Å². The van der Waals surface area contributed by atoms with E-state index in [1.54, 1.807) is 13.0 Å². The maximum atomic E-state index is 13.6. The lowest BCUT2D eigenvalue weighted by molar-refractivity contribution is -0.141. The summed E-state index contributed by atoms with van der Waals surface area (Å²) < 4.78 is 51.4. The summed E-state index contributed by atoms with van der Waals surface area (Å²) in [5.74, 6) is -1.37. The molecule has 0 amide bonds. The van der Waals surface area contributed by atoms with Crippen LogP contribution in [0.3, 0.4) is 0 Å². The van der Waals surface area contributed by atoms with Gasteiger partial charge in [-0.2, -0.15) is 18.2 Å². The quantitative estimate of drug-likeness (QED) is 0.832. The summed E-state index contributed by atoms with van der Waals surface area (Å²) in [5, 5.41) is 2.49. The summed E-state index contributed by atoms with van der Waals surface area (Å²) in [6, 6.07) is 4.96. The highest BCUT2D eigenvalue weighted by molar-refractivity contribution is 5.61. The summed E-state index contributed by atoms with van der Waals surface area (Å²) in [6.45, 7) is 1.61. The first-order valence-electron chi connectivity index (χ1n) is 5.51. The molecule has 0 atom stereocenters. The van der Waals surface area contributed by atoms with Crippen molar-refractivity contribution in [2.75, 3.05) is 11.1 Å². The van der Waals surface area contributed by atoms with Gasteiger partial charge in [0.25, 0.3) is 0 Å². The number of aromatic nitrogens is 2. The monoisotopic (exact) mass is 286 g/mol. The molecule has 1 aromatic carbocycles. The zero-order valence-electron chi connectivity index (χ0n) is 10.3. The number of nitrogen functional groups attached to an aromatic ring is 1. The largest absolute Gasteiger partial charge is 0.433 e. The summed E-state index contributed by atoms with van der Waals surface area (Å²) in [7, 11) is 0. The van der Waals surface area contributed by atoms with Crippen LogP contribution in [-0.4, -0.2) is 9.97 Å². The van der Waals surface area contributed by atoms with Crippen molar-refractivity contribution in [1.29, 1.82) is 0 Å². The normalized spacial score (nSPS) is 11.4. The Morgan fingerprint density at radius 3 is 2.50 bits per heavy atom. The van der Waals surface area contributed by atoms with Crippen LogP contribution in [0.2, 0.25) is 0 Å². The van der Waals surface area contributed by atoms with E-state index in [2.05, 4.69) is 15.3 Å². The third kappa shape index (κ3) is 2.95. The lowest BCUT2D eigenvalue weighted by Gasteiger charge is -2.12. The number of alkyl halides is 3. The smallest absolute Gasteiger partial charge is 0.368 e. The van der Waals surface area contributed by atoms with Crippen LogP contribution in [0.5, 0.6) is 0 Å². The Morgan fingerprint density at radius 1 is 1.20 bits per heavy atom. The number of nitrogens with two attached hydrogens (primary N) is 1. The lowest BCUT2D eigenvalue weighted by atomic mass is 10.2. The molecule has 0 fully saturated rings. The highest BCUT2D eigenvalue weighted by Crippen LogP contribution is 2.30. The van der Waals surface area contributed by atoms with Crippen LogP contribution >= 0.6 is 0 Å². The molecule has 3 N–H and O–H groups in total. The van der Waals surface area contributed by atoms with Gasteiger partial charge in [0.2, 0.25) is 5.95 Å². The van der Waals surface area contributed by atoms with Crippen molar-refractivity contribution in [2.45, 2.75) is 13.1 Å². The number of rotatable bonds is 2. The zero-order chi connectivity index (χ0) is 14.9. The molecule has 0 aliphatic heterocycles. The third-order valence-corrected chi connectivity index (χ3v) is 2.51. The maximum Gasteiger partial charge on any atom is 0.433 e. The van der Waals surface area contributed by atoms with Crippen molar-refractivity contribution in [3.05, 3.63) is 41.3 Å². The number of para-hydroxylation sites is 1. The molecule has 0 aliphatic rings. The van der Waals surface area contributed by atoms with Gasteiger partial charge in [-0.3, -0.25) is 0 Å². The van der Waals surface area contributed by atoms with E-state index >= 15 is 0 Å². The van der Waals surface area contributed by atoms with E-state index in [0.29, 0.717) is 11.6 Å². The average Bonchev–Trinajstić information content (AvgIpc) is 2.32. The van der Waals surface area contributed by atoms with Crippen molar-refractivity contribution in [3.63, 3.8) is 0 Å². The number of nitrogens with one attached hydrogen (secondary N) is 1. The second kappa shape index (κ2) is 4.95. The van der Waals surface area contributed by atoms with Crippen LogP contribution < -0.4 is 11.1 Å². The molecule has 4 nitrogen and oxygen atoms in total. The van der Waals surface area contributed by atoms with Crippen LogP contribution in [0, 0.1) is 12.7 Å². The van der Waals surface area contributed by atoms with Crippen LogP contribution in [0.4, 0.5) is 35.0 Å². The molecule has 8 heteroatoms. The van der Waals surface area contributed by atoms with Crippen molar-refractivity contribution in [1.82, 2.24) is 9.97 Å². The van der Waals surface area contributed by atoms with Gasteiger partial charge in [-0.05, 0) is 18.6 Å². The first-order chi connectivity index (χ1) is 9.27. The topological polar surface area (TPSA) is 63.8 Å². The molecule has 2 aromatic rings. The van der Waals surface area contributed by atoms with Crippen molar-refractivity contribution < 1.29 is 17.6 Å². The number of nitrogens with zero attached hydrogens (tertiary/aromatic N) is 2. The Labute approximate surface area is 111 Å². The van der Waals surface area contributed by atoms with Gasteiger partial charge in [-0.15, -0.1) is 0 Å². The molecule has 0 unspecified atom stereocenters. The van der Waals surface area contributed by atoms with Crippen LogP contribution in [0.1, 0.15) is 11.3 Å². The fourth-order valence-electron chi connectivity index (χ4n) is 1.59. The van der Waals surface area contributed by atoms with E-state index in [9.17, 15) is 17.6 Å². The van der Waals surface area contributed by atoms with E-state index in [1.165, 1.54) is 12.1 Å². The van der Waals surface area contributed by atoms with Gasteiger partial charge < -0.3 is 11.1 Å². The minimum atomic E-state index is -4.65. The number of anilines is 3. The predicted octanol–water partition coefficient (Wildman–Crippen LogP) is 3.27. The Balaban J connectivity index is 2.42. The second-order valence-electron chi connectivity index (χ2n) is 4.05. The van der Waals surface area contributed by atoms with Gasteiger partial charge in [0.15, 0.2) is 5.69 Å². The highest BCUT2D eigenvalue weighted by Gasteiger charge is 2.33. The summed E-state index contributed by atoms with van der Waals surface area (Å²) >= 11 is 0. The van der Waals surface area contributed by atoms with E-state index in [4.69, 9.17) is 5.73 Å². The minimum Gasteiger partial charge on any atom is -0.368 e. The van der Waals surface area contributed by atoms with E-state index < -0.39 is 23.6 Å². The standard InChI is InChI=1S/C12H10F4N4/c1-6-3-2-4-7(13)10(6)19-9-5-8(12(14,15)16)18-11(17)20-9/h2-5H,1H3,(H3,17,18,19,20). The molecule has 0 spiro atoms. The molecule has 1 heterocycles. The number of aryl methyl sites for hydroxylation is 1. The highest BCUT2D eigenvalue weighted by atomic mass is 19.4. The second-order valence-corrected chi connectivity index (χ2v) is 4.05. The van der Waals surface area contributed by atoms with Gasteiger partial charge in [-0.25, -0.2) is 9.37 Å². The molecule has 0 saturated heterocycles. The molecular formula is C12H10F4N4. The molecule has 20 heavy (non-hydrogen) atoms. The molecule has 0 aliphatic carbocycles. The van der Waals surface area contributed by atoms with E-state index in [0.717, 1.165) is 0 Å². The number of hydrogen-bond acceptors (Lipinski definition) is 4. The number of benzene rings is 1. The first-order valence-corrected chi connectivity index (χ1v) is 5.51. The molecule has 0 radical (unpaired) electrons. The minimum absolute atomic E-state index is 0.0405. The van der Waals surface area contributed by atoms with Crippen molar-refractivity contribution >= 4 is 17.5 Å². The lowest BCUT2D eigenvalue weighted by Crippen LogP contribution is -2.12. The molecule has 1 aromatic heterocycles. The average molecular weight is 286 g/mol. The van der Waals surface area contributed by atoms with E-state index in [-0.39, 0.29) is 11.5 Å². The molecule has 0 saturated carbocycles. The van der Waals surface area contributed by atoms with Gasteiger partial charge in [-0.1, -0.05) is 12.1 Å². The SMILES string of the molecule is Cc1cccc(F)c1Nc1cc(C(F)(F)F)nc(N)n1. The zero-order valence-corrected chi connectivity index (χ0v) is 10.3. The van der Waals surface area contributed by atoms with Crippen molar-refractivity contribution in [3.8, 4) is 0 Å². The fraction of sp³-hybridized carbons (Fsp3) is 0.167. The molecule has 0 bridgehead atoms. The predicted molar refractivity (Wildman–Crippen MR) is 65.9 cm³/mol. The number of hydrogen-bond donors (Lipinski definition) is 2. The van der Waals surface area contributed by atoms with Crippen LogP contribution in [0.25, 0.3) is 0 Å². The van der Waals surface area contributed by atoms with E-state index in [1.807, 2.05) is 0 Å². The fourth-order valence-corrected chi connectivity index (χ4v) is 1.59. The number of halogens is 4. The summed E-state index contributed by atoms with van der Waals surface area (Å²) in [4.78, 5) is 6.71. The Bertz CT molecular complexity index is 620. The molecule has 2 rings (SSSR count). The van der Waals surface area contributed by atoms with Gasteiger partial charge in [0.05, 0.1) is 5.69 Å². The van der Waals surface area contributed by atoms with Gasteiger partial charge >= 0.3 is 6.18 Å². The van der Waals surface area contributed by atoms with Gasteiger partial charge in [0.1, 0.15) is 11.6 Å². The maximum absolute atomic E-state index is 13.6. The van der Waals surface area contributed by atoms with Crippen LogP contribution in [0.15, 0.2) is 24.3 Å². The summed E-state index contributed by atoms with van der Waals surface area (Å²) in [5.41, 5.74) is 4.60. The molecule has 106 valence electrons. The van der Waals surface area contributed by atoms with Crippen LogP contribution in [-0.2, 0) is 6.18 Å². The Kier molecular flexibility index (Phi) is 3.47. The van der Waals surface area contributed by atoms with Gasteiger partial charge in [0, 0.05) is 6.07 Å². The molecular weight excluding hydrogens is 276 g/mol. The Hall–Kier alpha value is -2.38. The third-order valence-electron chi connectivity index (χ3n) is 2.51.